The van der Waals surface area contributed by atoms with Gasteiger partial charge in [0.2, 0.25) is 5.91 Å². The minimum Gasteiger partial charge on any atom is -0.344 e. The van der Waals surface area contributed by atoms with Crippen LogP contribution in [-0.2, 0) is 4.79 Å². The number of pyridine rings is 1. The number of hydrogen-bond donors (Lipinski definition) is 3. The molecule has 0 saturated carbocycles. The number of fused-ring (bicyclic) bond motifs is 1. The number of hydrogen-bond acceptors (Lipinski definition) is 4. The fourth-order valence-corrected chi connectivity index (χ4v) is 2.54. The van der Waals surface area contributed by atoms with Gasteiger partial charge in [-0.1, -0.05) is 19.4 Å². The van der Waals surface area contributed by atoms with Gasteiger partial charge in [-0.15, -0.1) is 10.2 Å². The van der Waals surface area contributed by atoms with Crippen molar-refractivity contribution in [3.8, 4) is 0 Å². The van der Waals surface area contributed by atoms with E-state index >= 15 is 0 Å². The molecule has 0 aliphatic carbocycles. The van der Waals surface area contributed by atoms with Gasteiger partial charge in [-0.3, -0.25) is 9.20 Å². The molecule has 2 aromatic heterocycles. The average Bonchev–Trinajstić information content (AvgIpc) is 3.13. The predicted octanol–water partition coefficient (Wildman–Crippen LogP) is 0.368. The summed E-state index contributed by atoms with van der Waals surface area (Å²) in [7, 11) is 0. The van der Waals surface area contributed by atoms with Crippen LogP contribution in [0.3, 0.4) is 0 Å². The van der Waals surface area contributed by atoms with E-state index in [1.165, 1.54) is 0 Å². The van der Waals surface area contributed by atoms with Crippen LogP contribution < -0.4 is 16.0 Å². The first kappa shape index (κ1) is 14.3. The van der Waals surface area contributed by atoms with Crippen LogP contribution in [0.25, 0.3) is 5.65 Å². The summed E-state index contributed by atoms with van der Waals surface area (Å²) in [6, 6.07) is 4.54. The maximum absolute atomic E-state index is 12.3. The first-order valence-corrected chi connectivity index (χ1v) is 7.33. The summed E-state index contributed by atoms with van der Waals surface area (Å²) in [4.78, 5) is 23.4. The Morgan fingerprint density at radius 3 is 3.09 bits per heavy atom. The third-order valence-corrected chi connectivity index (χ3v) is 3.63. The molecule has 1 saturated heterocycles. The van der Waals surface area contributed by atoms with E-state index in [-0.39, 0.29) is 18.0 Å². The number of amides is 3. The molecule has 3 N–H and O–H groups in total. The Bertz CT molecular complexity index is 697. The maximum Gasteiger partial charge on any atom is 0.315 e. The van der Waals surface area contributed by atoms with Gasteiger partial charge in [0.15, 0.2) is 11.5 Å². The van der Waals surface area contributed by atoms with Crippen LogP contribution >= 0.6 is 0 Å². The fourth-order valence-electron chi connectivity index (χ4n) is 2.54. The lowest BCUT2D eigenvalue weighted by molar-refractivity contribution is -0.123. The molecule has 0 unspecified atom stereocenters. The number of carbonyl (C=O) groups is 2. The number of aromatic nitrogens is 3. The molecular weight excluding hydrogens is 284 g/mol. The maximum atomic E-state index is 12.3. The molecule has 0 aromatic carbocycles. The van der Waals surface area contributed by atoms with Crippen molar-refractivity contribution in [3.05, 3.63) is 30.2 Å². The smallest absolute Gasteiger partial charge is 0.315 e. The van der Waals surface area contributed by atoms with Gasteiger partial charge in [-0.2, -0.15) is 0 Å². The average molecular weight is 302 g/mol. The number of nitrogens with zero attached hydrogens (tertiary/aromatic N) is 3. The topological polar surface area (TPSA) is 100 Å². The molecule has 2 atom stereocenters. The first-order valence-electron chi connectivity index (χ1n) is 7.33. The van der Waals surface area contributed by atoms with Gasteiger partial charge in [-0.25, -0.2) is 4.79 Å². The molecule has 3 heterocycles. The zero-order valence-electron chi connectivity index (χ0n) is 12.2. The van der Waals surface area contributed by atoms with Crippen LogP contribution in [0, 0.1) is 0 Å². The van der Waals surface area contributed by atoms with Crippen molar-refractivity contribution in [1.29, 1.82) is 0 Å². The van der Waals surface area contributed by atoms with Gasteiger partial charge in [0, 0.05) is 12.7 Å². The molecule has 116 valence electrons. The Hall–Kier alpha value is -2.64. The molecule has 2 aromatic rings. The van der Waals surface area contributed by atoms with Crippen molar-refractivity contribution < 1.29 is 9.59 Å². The van der Waals surface area contributed by atoms with Crippen LogP contribution in [0.15, 0.2) is 24.4 Å². The molecule has 1 aliphatic heterocycles. The third-order valence-electron chi connectivity index (χ3n) is 3.63. The largest absolute Gasteiger partial charge is 0.344 e. The Morgan fingerprint density at radius 1 is 1.50 bits per heavy atom. The second-order valence-corrected chi connectivity index (χ2v) is 5.24. The molecule has 1 aliphatic rings. The molecule has 0 radical (unpaired) electrons. The third kappa shape index (κ3) is 2.72. The lowest BCUT2D eigenvalue weighted by atomic mass is 10.1. The summed E-state index contributed by atoms with van der Waals surface area (Å²) in [6.45, 7) is 2.34. The van der Waals surface area contributed by atoms with Crippen molar-refractivity contribution in [2.45, 2.75) is 31.8 Å². The van der Waals surface area contributed by atoms with Gasteiger partial charge in [0.25, 0.3) is 0 Å². The lowest BCUT2D eigenvalue weighted by Gasteiger charge is -2.18. The van der Waals surface area contributed by atoms with E-state index in [0.29, 0.717) is 12.4 Å². The van der Waals surface area contributed by atoms with Crippen molar-refractivity contribution in [2.24, 2.45) is 0 Å². The summed E-state index contributed by atoms with van der Waals surface area (Å²) in [5.41, 5.74) is 0.740. The number of nitrogens with one attached hydrogen (secondary N) is 3. The van der Waals surface area contributed by atoms with Gasteiger partial charge in [0.05, 0.1) is 6.04 Å². The molecule has 22 heavy (non-hydrogen) atoms. The van der Waals surface area contributed by atoms with E-state index in [1.54, 1.807) is 0 Å². The van der Waals surface area contributed by atoms with Crippen molar-refractivity contribution in [1.82, 2.24) is 30.5 Å². The predicted molar refractivity (Wildman–Crippen MR) is 79.1 cm³/mol. The Labute approximate surface area is 127 Å². The van der Waals surface area contributed by atoms with Crippen molar-refractivity contribution >= 4 is 17.6 Å². The van der Waals surface area contributed by atoms with Gasteiger partial charge >= 0.3 is 6.03 Å². The standard InChI is InChI=1S/C14H18N6O2/c1-2-5-9(16-13(21)10-8-15-14(22)17-10)12-19-18-11-6-3-4-7-20(11)12/h3-4,6-7,9-10H,2,5,8H2,1H3,(H,16,21)(H2,15,17,22)/t9-,10+/m0/s1. The zero-order valence-corrected chi connectivity index (χ0v) is 12.2. The molecule has 0 bridgehead atoms. The van der Waals surface area contributed by atoms with Gasteiger partial charge in [0.1, 0.15) is 6.04 Å². The van der Waals surface area contributed by atoms with Crippen LogP contribution in [-0.4, -0.2) is 39.1 Å². The van der Waals surface area contributed by atoms with E-state index in [0.717, 1.165) is 18.5 Å². The van der Waals surface area contributed by atoms with Crippen LogP contribution in [0.1, 0.15) is 31.6 Å². The fraction of sp³-hybridized carbons (Fsp3) is 0.429. The second-order valence-electron chi connectivity index (χ2n) is 5.24. The SMILES string of the molecule is CCC[C@H](NC(=O)[C@H]1CNC(=O)N1)c1nnc2ccccn12. The molecule has 8 heteroatoms. The van der Waals surface area contributed by atoms with E-state index in [2.05, 4.69) is 26.1 Å². The van der Waals surface area contributed by atoms with E-state index < -0.39 is 6.04 Å². The zero-order chi connectivity index (χ0) is 15.5. The minimum absolute atomic E-state index is 0.218. The first-order chi connectivity index (χ1) is 10.7. The summed E-state index contributed by atoms with van der Waals surface area (Å²) in [5, 5.41) is 16.4. The van der Waals surface area contributed by atoms with Gasteiger partial charge < -0.3 is 16.0 Å². The van der Waals surface area contributed by atoms with E-state index in [4.69, 9.17) is 0 Å². The van der Waals surface area contributed by atoms with Crippen LogP contribution in [0.5, 0.6) is 0 Å². The molecular formula is C14H18N6O2. The van der Waals surface area contributed by atoms with Crippen molar-refractivity contribution in [2.75, 3.05) is 6.54 Å². The quantitative estimate of drug-likeness (QED) is 0.742. The number of rotatable bonds is 5. The minimum atomic E-state index is -0.550. The normalized spacial score (nSPS) is 18.8. The summed E-state index contributed by atoms with van der Waals surface area (Å²) < 4.78 is 1.87. The van der Waals surface area contributed by atoms with Crippen molar-refractivity contribution in [3.63, 3.8) is 0 Å². The second kappa shape index (κ2) is 6.00. The molecule has 3 amide bonds. The number of urea groups is 1. The highest BCUT2D eigenvalue weighted by Gasteiger charge is 2.29. The Kier molecular flexibility index (Phi) is 3.90. The highest BCUT2D eigenvalue weighted by Crippen LogP contribution is 2.18. The summed E-state index contributed by atoms with van der Waals surface area (Å²) >= 11 is 0. The monoisotopic (exact) mass is 302 g/mol. The molecule has 1 fully saturated rings. The van der Waals surface area contributed by atoms with E-state index in [9.17, 15) is 9.59 Å². The number of carbonyl (C=O) groups excluding carboxylic acids is 2. The highest BCUT2D eigenvalue weighted by atomic mass is 16.2. The summed E-state index contributed by atoms with van der Waals surface area (Å²) in [5.74, 6) is 0.479. The summed E-state index contributed by atoms with van der Waals surface area (Å²) in [6.07, 6.45) is 3.51. The molecule has 3 rings (SSSR count). The Morgan fingerprint density at radius 2 is 2.36 bits per heavy atom. The molecule has 0 spiro atoms. The highest BCUT2D eigenvalue weighted by molar-refractivity contribution is 5.90. The van der Waals surface area contributed by atoms with Crippen LogP contribution in [0.2, 0.25) is 0 Å². The van der Waals surface area contributed by atoms with Crippen LogP contribution in [0.4, 0.5) is 4.79 Å². The van der Waals surface area contributed by atoms with Gasteiger partial charge in [-0.05, 0) is 18.6 Å². The Balaban J connectivity index is 1.80. The molecule has 8 nitrogen and oxygen atoms in total. The van der Waals surface area contributed by atoms with E-state index in [1.807, 2.05) is 35.7 Å². The lowest BCUT2D eigenvalue weighted by Crippen LogP contribution is -2.44.